The first-order valence-corrected chi connectivity index (χ1v) is 8.47. The highest BCUT2D eigenvalue weighted by atomic mass is 16.3. The van der Waals surface area contributed by atoms with E-state index in [1.165, 1.54) is 25.7 Å². The standard InChI is InChI=1S/C16H32N2O2/c1-2-16(14-4-5-14)18-11-13(6-9-20)10-15(12-18)17-7-3-8-19/h13-17,19-20H,2-12H2,1H3. The van der Waals surface area contributed by atoms with Crippen molar-refractivity contribution in [2.75, 3.05) is 32.8 Å². The van der Waals surface area contributed by atoms with E-state index in [-0.39, 0.29) is 6.61 Å². The van der Waals surface area contributed by atoms with Gasteiger partial charge < -0.3 is 15.5 Å². The van der Waals surface area contributed by atoms with E-state index < -0.39 is 0 Å². The molecule has 3 atom stereocenters. The van der Waals surface area contributed by atoms with Crippen molar-refractivity contribution in [2.45, 2.75) is 57.5 Å². The van der Waals surface area contributed by atoms with Crippen LogP contribution in [0, 0.1) is 11.8 Å². The van der Waals surface area contributed by atoms with Crippen molar-refractivity contribution >= 4 is 0 Å². The fraction of sp³-hybridized carbons (Fsp3) is 1.00. The van der Waals surface area contributed by atoms with Gasteiger partial charge in [-0.1, -0.05) is 6.92 Å². The van der Waals surface area contributed by atoms with Gasteiger partial charge >= 0.3 is 0 Å². The normalized spacial score (nSPS) is 29.6. The van der Waals surface area contributed by atoms with E-state index in [0.717, 1.165) is 44.4 Å². The molecule has 1 saturated carbocycles. The molecule has 2 aliphatic rings. The highest BCUT2D eigenvalue weighted by Gasteiger charge is 2.37. The Bertz CT molecular complexity index is 271. The van der Waals surface area contributed by atoms with E-state index in [0.29, 0.717) is 18.6 Å². The fourth-order valence-corrected chi connectivity index (χ4v) is 3.81. The van der Waals surface area contributed by atoms with Crippen LogP contribution in [0.25, 0.3) is 0 Å². The second-order valence-corrected chi connectivity index (χ2v) is 6.61. The number of rotatable bonds is 9. The summed E-state index contributed by atoms with van der Waals surface area (Å²) in [6, 6.07) is 1.28. The summed E-state index contributed by atoms with van der Waals surface area (Å²) in [5.41, 5.74) is 0. The second kappa shape index (κ2) is 8.32. The Labute approximate surface area is 123 Å². The summed E-state index contributed by atoms with van der Waals surface area (Å²) < 4.78 is 0. The Kier molecular flexibility index (Phi) is 6.75. The molecule has 0 aromatic carbocycles. The first-order valence-electron chi connectivity index (χ1n) is 8.47. The number of piperidine rings is 1. The van der Waals surface area contributed by atoms with Crippen LogP contribution in [-0.4, -0.2) is 60.0 Å². The highest BCUT2D eigenvalue weighted by Crippen LogP contribution is 2.38. The third-order valence-electron chi connectivity index (χ3n) is 4.92. The van der Waals surface area contributed by atoms with Crippen LogP contribution in [0.4, 0.5) is 0 Å². The van der Waals surface area contributed by atoms with Crippen molar-refractivity contribution < 1.29 is 10.2 Å². The molecular formula is C16H32N2O2. The van der Waals surface area contributed by atoms with Crippen LogP contribution >= 0.6 is 0 Å². The molecule has 3 N–H and O–H groups in total. The van der Waals surface area contributed by atoms with Crippen LogP contribution in [-0.2, 0) is 0 Å². The van der Waals surface area contributed by atoms with Crippen molar-refractivity contribution in [2.24, 2.45) is 11.8 Å². The number of hydrogen-bond donors (Lipinski definition) is 3. The largest absolute Gasteiger partial charge is 0.396 e. The molecule has 0 amide bonds. The number of nitrogens with zero attached hydrogens (tertiary/aromatic N) is 1. The summed E-state index contributed by atoms with van der Waals surface area (Å²) in [6.07, 6.45) is 6.99. The number of likely N-dealkylation sites (tertiary alicyclic amines) is 1. The summed E-state index contributed by atoms with van der Waals surface area (Å²) in [6.45, 7) is 6.09. The Morgan fingerprint density at radius 2 is 2.00 bits per heavy atom. The Morgan fingerprint density at radius 1 is 1.20 bits per heavy atom. The zero-order valence-corrected chi connectivity index (χ0v) is 12.9. The van der Waals surface area contributed by atoms with Crippen LogP contribution in [0.2, 0.25) is 0 Å². The Morgan fingerprint density at radius 3 is 2.60 bits per heavy atom. The van der Waals surface area contributed by atoms with Crippen LogP contribution < -0.4 is 5.32 Å². The Balaban J connectivity index is 1.88. The molecule has 0 radical (unpaired) electrons. The summed E-state index contributed by atoms with van der Waals surface area (Å²) >= 11 is 0. The van der Waals surface area contributed by atoms with Gasteiger partial charge in [-0.3, -0.25) is 4.90 Å². The molecule has 1 saturated heterocycles. The van der Waals surface area contributed by atoms with E-state index in [1.807, 2.05) is 0 Å². The first-order chi connectivity index (χ1) is 9.78. The van der Waals surface area contributed by atoms with Gasteiger partial charge in [0, 0.05) is 38.4 Å². The molecular weight excluding hydrogens is 252 g/mol. The molecule has 20 heavy (non-hydrogen) atoms. The third kappa shape index (κ3) is 4.69. The number of hydrogen-bond acceptors (Lipinski definition) is 4. The lowest BCUT2D eigenvalue weighted by Crippen LogP contribution is -2.53. The maximum atomic E-state index is 9.25. The number of aliphatic hydroxyl groups is 2. The molecule has 3 unspecified atom stereocenters. The molecule has 1 aliphatic carbocycles. The number of aliphatic hydroxyl groups excluding tert-OH is 2. The molecule has 0 aromatic rings. The van der Waals surface area contributed by atoms with Gasteiger partial charge in [-0.05, 0) is 56.9 Å². The maximum absolute atomic E-state index is 9.25. The van der Waals surface area contributed by atoms with Gasteiger partial charge in [0.05, 0.1) is 0 Å². The fourth-order valence-electron chi connectivity index (χ4n) is 3.81. The molecule has 1 aliphatic heterocycles. The molecule has 4 nitrogen and oxygen atoms in total. The highest BCUT2D eigenvalue weighted by molar-refractivity contribution is 4.93. The quantitative estimate of drug-likeness (QED) is 0.557. The average molecular weight is 284 g/mol. The van der Waals surface area contributed by atoms with Crippen LogP contribution in [0.15, 0.2) is 0 Å². The van der Waals surface area contributed by atoms with Crippen molar-refractivity contribution in [1.29, 1.82) is 0 Å². The zero-order chi connectivity index (χ0) is 14.4. The SMILES string of the molecule is CCC(C1CC1)N1CC(CCO)CC(NCCCO)C1. The minimum atomic E-state index is 0.267. The third-order valence-corrected chi connectivity index (χ3v) is 4.92. The lowest BCUT2D eigenvalue weighted by molar-refractivity contribution is 0.0728. The van der Waals surface area contributed by atoms with Crippen LogP contribution in [0.3, 0.4) is 0 Å². The number of nitrogens with one attached hydrogen (secondary N) is 1. The molecule has 1 heterocycles. The molecule has 2 fully saturated rings. The summed E-state index contributed by atoms with van der Waals surface area (Å²) in [4.78, 5) is 2.68. The maximum Gasteiger partial charge on any atom is 0.0443 e. The predicted molar refractivity (Wildman–Crippen MR) is 81.7 cm³/mol. The van der Waals surface area contributed by atoms with Crippen LogP contribution in [0.5, 0.6) is 0 Å². The lowest BCUT2D eigenvalue weighted by Gasteiger charge is -2.42. The predicted octanol–water partition coefficient (Wildman–Crippen LogP) is 1.22. The van der Waals surface area contributed by atoms with E-state index in [4.69, 9.17) is 5.11 Å². The van der Waals surface area contributed by atoms with Crippen molar-refractivity contribution in [3.8, 4) is 0 Å². The van der Waals surface area contributed by atoms with E-state index in [1.54, 1.807) is 0 Å². The summed E-state index contributed by atoms with van der Waals surface area (Å²) in [7, 11) is 0. The minimum Gasteiger partial charge on any atom is -0.396 e. The van der Waals surface area contributed by atoms with Crippen LogP contribution in [0.1, 0.15) is 45.4 Å². The monoisotopic (exact) mass is 284 g/mol. The topological polar surface area (TPSA) is 55.7 Å². The smallest absolute Gasteiger partial charge is 0.0443 e. The van der Waals surface area contributed by atoms with Gasteiger partial charge in [-0.15, -0.1) is 0 Å². The van der Waals surface area contributed by atoms with Gasteiger partial charge in [0.2, 0.25) is 0 Å². The van der Waals surface area contributed by atoms with E-state index in [2.05, 4.69) is 17.1 Å². The molecule has 0 bridgehead atoms. The van der Waals surface area contributed by atoms with Gasteiger partial charge in [0.15, 0.2) is 0 Å². The molecule has 0 aromatic heterocycles. The van der Waals surface area contributed by atoms with Gasteiger partial charge in [0.25, 0.3) is 0 Å². The van der Waals surface area contributed by atoms with Crippen molar-refractivity contribution in [1.82, 2.24) is 10.2 Å². The Hall–Kier alpha value is -0.160. The zero-order valence-electron chi connectivity index (χ0n) is 12.9. The van der Waals surface area contributed by atoms with Crippen molar-refractivity contribution in [3.05, 3.63) is 0 Å². The molecule has 0 spiro atoms. The van der Waals surface area contributed by atoms with E-state index >= 15 is 0 Å². The first kappa shape index (κ1) is 16.2. The molecule has 4 heteroatoms. The van der Waals surface area contributed by atoms with Gasteiger partial charge in [-0.25, -0.2) is 0 Å². The van der Waals surface area contributed by atoms with Crippen molar-refractivity contribution in [3.63, 3.8) is 0 Å². The summed E-state index contributed by atoms with van der Waals surface area (Å²) in [5.74, 6) is 1.54. The van der Waals surface area contributed by atoms with E-state index in [9.17, 15) is 5.11 Å². The molecule has 2 rings (SSSR count). The molecule has 118 valence electrons. The minimum absolute atomic E-state index is 0.267. The summed E-state index contributed by atoms with van der Waals surface area (Å²) in [5, 5.41) is 21.8. The van der Waals surface area contributed by atoms with Gasteiger partial charge in [-0.2, -0.15) is 0 Å². The van der Waals surface area contributed by atoms with Gasteiger partial charge in [0.1, 0.15) is 0 Å². The second-order valence-electron chi connectivity index (χ2n) is 6.61. The lowest BCUT2D eigenvalue weighted by atomic mass is 9.89. The average Bonchev–Trinajstić information content (AvgIpc) is 3.25.